The Morgan fingerprint density at radius 2 is 2.10 bits per heavy atom. The fourth-order valence-electron chi connectivity index (χ4n) is 1.54. The van der Waals surface area contributed by atoms with Crippen molar-refractivity contribution in [3.05, 3.63) is 41.8 Å². The van der Waals surface area contributed by atoms with Gasteiger partial charge in [0.1, 0.15) is 5.75 Å². The van der Waals surface area contributed by atoms with Crippen molar-refractivity contribution in [1.82, 2.24) is 9.97 Å². The Labute approximate surface area is 116 Å². The molecule has 0 saturated heterocycles. The fraction of sp³-hybridized carbons (Fsp3) is 0.214. The summed E-state index contributed by atoms with van der Waals surface area (Å²) in [5, 5.41) is 11.5. The van der Waals surface area contributed by atoms with Crippen LogP contribution in [0.2, 0.25) is 0 Å². The molecule has 0 bridgehead atoms. The van der Waals surface area contributed by atoms with Gasteiger partial charge < -0.3 is 10.1 Å². The SMILES string of the molecule is CCNc1ncc(F)c(Oc2ccc(CC#N)cc2)n1. The van der Waals surface area contributed by atoms with Crippen LogP contribution >= 0.6 is 0 Å². The number of hydrogen-bond donors (Lipinski definition) is 1. The number of hydrogen-bond acceptors (Lipinski definition) is 5. The van der Waals surface area contributed by atoms with Crippen molar-refractivity contribution in [2.75, 3.05) is 11.9 Å². The van der Waals surface area contributed by atoms with E-state index in [1.807, 2.05) is 6.92 Å². The molecule has 1 aromatic heterocycles. The highest BCUT2D eigenvalue weighted by molar-refractivity contribution is 5.34. The Bertz CT molecular complexity index is 622. The zero-order valence-electron chi connectivity index (χ0n) is 10.9. The number of anilines is 1. The van der Waals surface area contributed by atoms with Gasteiger partial charge in [-0.3, -0.25) is 0 Å². The smallest absolute Gasteiger partial charge is 0.260 e. The molecule has 1 heterocycles. The third kappa shape index (κ3) is 3.42. The molecule has 5 nitrogen and oxygen atoms in total. The van der Waals surface area contributed by atoms with Crippen LogP contribution in [0.25, 0.3) is 0 Å². The Morgan fingerprint density at radius 1 is 1.35 bits per heavy atom. The summed E-state index contributed by atoms with van der Waals surface area (Å²) in [6, 6.07) is 8.90. The van der Waals surface area contributed by atoms with Crippen LogP contribution in [0.15, 0.2) is 30.5 Å². The number of nitriles is 1. The molecule has 0 fully saturated rings. The molecule has 1 aromatic carbocycles. The van der Waals surface area contributed by atoms with Crippen molar-refractivity contribution in [3.8, 4) is 17.7 Å². The number of nitrogens with zero attached hydrogens (tertiary/aromatic N) is 3. The van der Waals surface area contributed by atoms with Gasteiger partial charge in [0.05, 0.1) is 18.7 Å². The molecule has 102 valence electrons. The van der Waals surface area contributed by atoms with Crippen molar-refractivity contribution < 1.29 is 9.13 Å². The van der Waals surface area contributed by atoms with Gasteiger partial charge in [-0.1, -0.05) is 12.1 Å². The summed E-state index contributed by atoms with van der Waals surface area (Å²) in [5.41, 5.74) is 0.872. The van der Waals surface area contributed by atoms with Crippen molar-refractivity contribution >= 4 is 5.95 Å². The van der Waals surface area contributed by atoms with E-state index >= 15 is 0 Å². The molecule has 1 N–H and O–H groups in total. The Kier molecular flexibility index (Phi) is 4.45. The second-order valence-corrected chi connectivity index (χ2v) is 3.96. The van der Waals surface area contributed by atoms with Gasteiger partial charge in [0, 0.05) is 6.54 Å². The molecule has 20 heavy (non-hydrogen) atoms. The van der Waals surface area contributed by atoms with Gasteiger partial charge in [0.2, 0.25) is 11.8 Å². The van der Waals surface area contributed by atoms with E-state index in [2.05, 4.69) is 21.4 Å². The standard InChI is InChI=1S/C14H13FN4O/c1-2-17-14-18-9-12(15)13(19-14)20-11-5-3-10(4-6-11)7-8-16/h3-6,9H,2,7H2,1H3,(H,17,18,19). The van der Waals surface area contributed by atoms with Crippen LogP contribution in [0.5, 0.6) is 11.6 Å². The van der Waals surface area contributed by atoms with E-state index in [1.165, 1.54) is 0 Å². The normalized spacial score (nSPS) is 9.85. The zero-order valence-corrected chi connectivity index (χ0v) is 10.9. The molecule has 0 unspecified atom stereocenters. The van der Waals surface area contributed by atoms with Gasteiger partial charge in [0.15, 0.2) is 0 Å². The first-order valence-electron chi connectivity index (χ1n) is 6.13. The van der Waals surface area contributed by atoms with Gasteiger partial charge >= 0.3 is 0 Å². The average molecular weight is 272 g/mol. The van der Waals surface area contributed by atoms with Crippen molar-refractivity contribution in [2.45, 2.75) is 13.3 Å². The van der Waals surface area contributed by atoms with E-state index in [1.54, 1.807) is 24.3 Å². The summed E-state index contributed by atoms with van der Waals surface area (Å²) >= 11 is 0. The number of ether oxygens (including phenoxy) is 1. The van der Waals surface area contributed by atoms with Crippen LogP contribution in [-0.4, -0.2) is 16.5 Å². The van der Waals surface area contributed by atoms with Gasteiger partial charge in [0.25, 0.3) is 5.88 Å². The first-order valence-corrected chi connectivity index (χ1v) is 6.13. The highest BCUT2D eigenvalue weighted by Gasteiger charge is 2.09. The predicted octanol–water partition coefficient (Wildman–Crippen LogP) is 2.91. The van der Waals surface area contributed by atoms with Crippen LogP contribution < -0.4 is 10.1 Å². The molecule has 0 aliphatic heterocycles. The van der Waals surface area contributed by atoms with E-state index in [0.29, 0.717) is 24.7 Å². The third-order valence-electron chi connectivity index (χ3n) is 2.47. The Morgan fingerprint density at radius 3 is 2.75 bits per heavy atom. The molecule has 2 rings (SSSR count). The average Bonchev–Trinajstić information content (AvgIpc) is 2.45. The molecule has 0 aliphatic carbocycles. The molecule has 0 spiro atoms. The minimum atomic E-state index is -0.632. The van der Waals surface area contributed by atoms with Crippen LogP contribution in [0.1, 0.15) is 12.5 Å². The predicted molar refractivity (Wildman–Crippen MR) is 72.0 cm³/mol. The van der Waals surface area contributed by atoms with E-state index in [9.17, 15) is 4.39 Å². The molecule has 6 heteroatoms. The van der Waals surface area contributed by atoms with Crippen molar-refractivity contribution in [1.29, 1.82) is 5.26 Å². The molecule has 2 aromatic rings. The van der Waals surface area contributed by atoms with Crippen LogP contribution in [0.3, 0.4) is 0 Å². The fourth-order valence-corrected chi connectivity index (χ4v) is 1.54. The summed E-state index contributed by atoms with van der Waals surface area (Å²) in [5.74, 6) is -0.00604. The molecule has 0 saturated carbocycles. The van der Waals surface area contributed by atoms with Crippen LogP contribution in [0.4, 0.5) is 10.3 Å². The van der Waals surface area contributed by atoms with Crippen molar-refractivity contribution in [3.63, 3.8) is 0 Å². The monoisotopic (exact) mass is 272 g/mol. The van der Waals surface area contributed by atoms with Gasteiger partial charge in [-0.2, -0.15) is 14.6 Å². The van der Waals surface area contributed by atoms with Gasteiger partial charge in [-0.15, -0.1) is 0 Å². The summed E-state index contributed by atoms with van der Waals surface area (Å²) in [4.78, 5) is 7.74. The van der Waals surface area contributed by atoms with Gasteiger partial charge in [-0.05, 0) is 24.6 Å². The lowest BCUT2D eigenvalue weighted by Gasteiger charge is -2.08. The molecule has 0 aliphatic rings. The maximum absolute atomic E-state index is 13.6. The Hall–Kier alpha value is -2.68. The van der Waals surface area contributed by atoms with E-state index in [-0.39, 0.29) is 5.88 Å². The summed E-state index contributed by atoms with van der Waals surface area (Å²) in [6.07, 6.45) is 1.39. The molecule has 0 atom stereocenters. The minimum absolute atomic E-state index is 0.135. The van der Waals surface area contributed by atoms with Crippen LogP contribution in [-0.2, 0) is 6.42 Å². The number of halogens is 1. The summed E-state index contributed by atoms with van der Waals surface area (Å²) in [7, 11) is 0. The number of aromatic nitrogens is 2. The van der Waals surface area contributed by atoms with E-state index < -0.39 is 5.82 Å². The molecule has 0 radical (unpaired) electrons. The summed E-state index contributed by atoms with van der Waals surface area (Å²) < 4.78 is 19.0. The summed E-state index contributed by atoms with van der Waals surface area (Å²) in [6.45, 7) is 2.52. The molecular formula is C14H13FN4O. The zero-order chi connectivity index (χ0) is 14.4. The third-order valence-corrected chi connectivity index (χ3v) is 2.47. The minimum Gasteiger partial charge on any atom is -0.436 e. The lowest BCUT2D eigenvalue weighted by atomic mass is 10.2. The number of rotatable bonds is 5. The first-order chi connectivity index (χ1) is 9.72. The topological polar surface area (TPSA) is 70.8 Å². The maximum atomic E-state index is 13.6. The molecule has 0 amide bonds. The number of nitrogens with one attached hydrogen (secondary N) is 1. The maximum Gasteiger partial charge on any atom is 0.260 e. The second kappa shape index (κ2) is 6.48. The lowest BCUT2D eigenvalue weighted by Crippen LogP contribution is -2.04. The highest BCUT2D eigenvalue weighted by Crippen LogP contribution is 2.23. The number of benzene rings is 1. The first kappa shape index (κ1) is 13.7. The quantitative estimate of drug-likeness (QED) is 0.906. The lowest BCUT2D eigenvalue weighted by molar-refractivity contribution is 0.420. The van der Waals surface area contributed by atoms with E-state index in [4.69, 9.17) is 10.00 Å². The van der Waals surface area contributed by atoms with Gasteiger partial charge in [-0.25, -0.2) is 4.98 Å². The highest BCUT2D eigenvalue weighted by atomic mass is 19.1. The second-order valence-electron chi connectivity index (χ2n) is 3.96. The Balaban J connectivity index is 2.16. The van der Waals surface area contributed by atoms with Crippen LogP contribution in [0, 0.1) is 17.1 Å². The largest absolute Gasteiger partial charge is 0.436 e. The van der Waals surface area contributed by atoms with E-state index in [0.717, 1.165) is 11.8 Å². The van der Waals surface area contributed by atoms with Crippen molar-refractivity contribution in [2.24, 2.45) is 0 Å². The molecular weight excluding hydrogens is 259 g/mol.